The summed E-state index contributed by atoms with van der Waals surface area (Å²) in [5.41, 5.74) is -0.345. The molecule has 0 fully saturated rings. The molecule has 0 aliphatic carbocycles. The van der Waals surface area contributed by atoms with Gasteiger partial charge in [0.2, 0.25) is 0 Å². The Morgan fingerprint density at radius 2 is 2.07 bits per heavy atom. The van der Waals surface area contributed by atoms with Crippen LogP contribution in [0.3, 0.4) is 0 Å². The number of hydrogen-bond donors (Lipinski definition) is 1. The molecule has 6 nitrogen and oxygen atoms in total. The molecule has 1 aromatic rings. The molecule has 1 rings (SSSR count). The third-order valence-electron chi connectivity index (χ3n) is 1.62. The van der Waals surface area contributed by atoms with Crippen LogP contribution in [0.5, 0.6) is 0 Å². The first-order valence-corrected chi connectivity index (χ1v) is 3.65. The van der Waals surface area contributed by atoms with E-state index in [4.69, 9.17) is 5.11 Å². The van der Waals surface area contributed by atoms with Gasteiger partial charge in [-0.15, -0.1) is 0 Å². The van der Waals surface area contributed by atoms with E-state index in [2.05, 4.69) is 0 Å². The topological polar surface area (TPSA) is 104 Å². The molecule has 0 aliphatic heterocycles. The molecular weight excluding hydrogens is 213 g/mol. The van der Waals surface area contributed by atoms with Crippen molar-refractivity contribution in [3.05, 3.63) is 39.9 Å². The second-order valence-corrected chi connectivity index (χ2v) is 2.57. The molecule has 0 saturated carbocycles. The normalized spacial score (nSPS) is 11.3. The number of nitro groups is 1. The van der Waals surface area contributed by atoms with Crippen molar-refractivity contribution >= 4 is 11.7 Å². The summed E-state index contributed by atoms with van der Waals surface area (Å²) in [6.07, 6.45) is -1.84. The number of nitrogens with zero attached hydrogens (tertiary/aromatic N) is 1. The average Bonchev–Trinajstić information content (AvgIpc) is 2.16. The van der Waals surface area contributed by atoms with Crippen molar-refractivity contribution in [2.24, 2.45) is 0 Å². The number of rotatable bonds is 3. The summed E-state index contributed by atoms with van der Waals surface area (Å²) in [5.74, 6) is -1.69. The van der Waals surface area contributed by atoms with Crippen molar-refractivity contribution in [3.63, 3.8) is 0 Å². The Balaban J connectivity index is 0.00000196. The number of carbonyl (C=O) groups excluding carboxylic acids is 1. The maximum Gasteiger partial charge on any atom is 1.00 e. The third kappa shape index (κ3) is 3.60. The Labute approximate surface area is 107 Å². The molecule has 1 aromatic carbocycles. The van der Waals surface area contributed by atoms with Gasteiger partial charge in [0.1, 0.15) is 6.10 Å². The number of hydrogen-bond acceptors (Lipinski definition) is 5. The SMILES string of the molecule is O=C([O-])[C@@H](O)c1cccc([N+](=O)[O-])c1.[Na+]. The zero-order valence-corrected chi connectivity index (χ0v) is 9.91. The Morgan fingerprint density at radius 1 is 1.47 bits per heavy atom. The summed E-state index contributed by atoms with van der Waals surface area (Å²) >= 11 is 0. The van der Waals surface area contributed by atoms with Gasteiger partial charge in [-0.2, -0.15) is 0 Å². The number of aliphatic hydroxyl groups is 1. The number of aliphatic hydroxyl groups excluding tert-OH is 1. The van der Waals surface area contributed by atoms with Gasteiger partial charge in [0, 0.05) is 12.1 Å². The largest absolute Gasteiger partial charge is 1.00 e. The Kier molecular flexibility index (Phi) is 5.45. The fourth-order valence-corrected chi connectivity index (χ4v) is 0.945. The van der Waals surface area contributed by atoms with Crippen LogP contribution in [0.25, 0.3) is 0 Å². The van der Waals surface area contributed by atoms with Crippen LogP contribution in [0.15, 0.2) is 24.3 Å². The number of aliphatic carboxylic acids is 1. The molecule has 0 aliphatic rings. The van der Waals surface area contributed by atoms with Crippen molar-refractivity contribution in [2.45, 2.75) is 6.10 Å². The number of benzene rings is 1. The van der Waals surface area contributed by atoms with Crippen molar-refractivity contribution < 1.29 is 49.5 Å². The van der Waals surface area contributed by atoms with Crippen LogP contribution in [-0.2, 0) is 4.79 Å². The smallest absolute Gasteiger partial charge is 0.547 e. The molecule has 0 radical (unpaired) electrons. The predicted molar refractivity (Wildman–Crippen MR) is 43.1 cm³/mol. The first-order chi connectivity index (χ1) is 6.52. The molecule has 0 bridgehead atoms. The van der Waals surface area contributed by atoms with Crippen LogP contribution in [0.2, 0.25) is 0 Å². The van der Waals surface area contributed by atoms with Crippen molar-refractivity contribution in [2.75, 3.05) is 0 Å². The van der Waals surface area contributed by atoms with Gasteiger partial charge < -0.3 is 15.0 Å². The molecule has 1 N–H and O–H groups in total. The minimum atomic E-state index is -1.84. The molecule has 0 heterocycles. The van der Waals surface area contributed by atoms with Crippen molar-refractivity contribution in [1.82, 2.24) is 0 Å². The van der Waals surface area contributed by atoms with Crippen LogP contribution in [0.1, 0.15) is 11.7 Å². The van der Waals surface area contributed by atoms with E-state index in [1.807, 2.05) is 0 Å². The summed E-state index contributed by atoms with van der Waals surface area (Å²) in [7, 11) is 0. The first kappa shape index (κ1) is 14.1. The van der Waals surface area contributed by atoms with E-state index in [1.54, 1.807) is 0 Å². The fourth-order valence-electron chi connectivity index (χ4n) is 0.945. The molecule has 0 saturated heterocycles. The van der Waals surface area contributed by atoms with E-state index in [0.717, 1.165) is 6.07 Å². The summed E-state index contributed by atoms with van der Waals surface area (Å²) in [4.78, 5) is 19.9. The van der Waals surface area contributed by atoms with E-state index < -0.39 is 17.0 Å². The van der Waals surface area contributed by atoms with Gasteiger partial charge in [-0.1, -0.05) is 12.1 Å². The number of nitro benzene ring substituents is 1. The zero-order valence-electron chi connectivity index (χ0n) is 7.91. The standard InChI is InChI=1S/C8H7NO5.Na/c10-7(8(11)12)5-2-1-3-6(4-5)9(13)14;/h1-4,7,10H,(H,11,12);/q;+1/p-1/t7-;/m0./s1. The van der Waals surface area contributed by atoms with Crippen molar-refractivity contribution in [1.29, 1.82) is 0 Å². The summed E-state index contributed by atoms with van der Waals surface area (Å²) in [5, 5.41) is 29.6. The average molecular weight is 219 g/mol. The maximum atomic E-state index is 10.3. The zero-order chi connectivity index (χ0) is 10.7. The molecular formula is C8H6NNaO5. The van der Waals surface area contributed by atoms with Crippen LogP contribution >= 0.6 is 0 Å². The molecule has 0 spiro atoms. The Morgan fingerprint density at radius 3 is 2.53 bits per heavy atom. The van der Waals surface area contributed by atoms with Gasteiger partial charge >= 0.3 is 29.6 Å². The quantitative estimate of drug-likeness (QED) is 0.321. The van der Waals surface area contributed by atoms with Gasteiger partial charge in [0.25, 0.3) is 5.69 Å². The second-order valence-electron chi connectivity index (χ2n) is 2.57. The summed E-state index contributed by atoms with van der Waals surface area (Å²) in [6, 6.07) is 4.75. The number of carbonyl (C=O) groups is 1. The molecule has 1 atom stereocenters. The molecule has 0 aromatic heterocycles. The Bertz CT molecular complexity index is 381. The number of non-ortho nitro benzene ring substituents is 1. The van der Waals surface area contributed by atoms with Gasteiger partial charge in [0.15, 0.2) is 0 Å². The molecule has 0 amide bonds. The molecule has 0 unspecified atom stereocenters. The van der Waals surface area contributed by atoms with Crippen LogP contribution in [-0.4, -0.2) is 16.0 Å². The van der Waals surface area contributed by atoms with E-state index in [0.29, 0.717) is 0 Å². The maximum absolute atomic E-state index is 10.3. The predicted octanol–water partition coefficient (Wildman–Crippen LogP) is -3.62. The van der Waals surface area contributed by atoms with Crippen molar-refractivity contribution in [3.8, 4) is 0 Å². The molecule has 7 heteroatoms. The van der Waals surface area contributed by atoms with Gasteiger partial charge in [0.05, 0.1) is 10.9 Å². The summed E-state index contributed by atoms with van der Waals surface area (Å²) < 4.78 is 0. The Hall–Kier alpha value is -0.950. The van der Waals surface area contributed by atoms with Crippen LogP contribution < -0.4 is 34.7 Å². The van der Waals surface area contributed by atoms with Crippen LogP contribution in [0.4, 0.5) is 5.69 Å². The summed E-state index contributed by atoms with van der Waals surface area (Å²) in [6.45, 7) is 0. The van der Waals surface area contributed by atoms with Crippen LogP contribution in [0, 0.1) is 10.1 Å². The second kappa shape index (κ2) is 5.82. The van der Waals surface area contributed by atoms with E-state index >= 15 is 0 Å². The first-order valence-electron chi connectivity index (χ1n) is 3.65. The molecule has 15 heavy (non-hydrogen) atoms. The van der Waals surface area contributed by atoms with E-state index in [9.17, 15) is 20.0 Å². The number of carboxylic acids is 1. The third-order valence-corrected chi connectivity index (χ3v) is 1.62. The molecule has 74 valence electrons. The fraction of sp³-hybridized carbons (Fsp3) is 0.125. The van der Waals surface area contributed by atoms with E-state index in [-0.39, 0.29) is 40.8 Å². The van der Waals surface area contributed by atoms with Gasteiger partial charge in [-0.3, -0.25) is 10.1 Å². The minimum Gasteiger partial charge on any atom is -0.547 e. The van der Waals surface area contributed by atoms with Gasteiger partial charge in [-0.05, 0) is 5.56 Å². The monoisotopic (exact) mass is 219 g/mol. The van der Waals surface area contributed by atoms with E-state index in [1.165, 1.54) is 18.2 Å². The minimum absolute atomic E-state index is 0. The number of carboxylic acid groups (broad SMARTS) is 1. The van der Waals surface area contributed by atoms with Gasteiger partial charge in [-0.25, -0.2) is 0 Å².